The summed E-state index contributed by atoms with van der Waals surface area (Å²) in [7, 11) is -1.11. The zero-order valence-electron chi connectivity index (χ0n) is 19.2. The number of rotatable bonds is 9. The van der Waals surface area contributed by atoms with Crippen molar-refractivity contribution < 1.29 is 22.7 Å². The molecule has 0 fully saturated rings. The molecule has 3 rings (SSSR count). The van der Waals surface area contributed by atoms with E-state index >= 15 is 0 Å². The summed E-state index contributed by atoms with van der Waals surface area (Å²) in [5.41, 5.74) is 3.40. The van der Waals surface area contributed by atoms with E-state index in [0.717, 1.165) is 21.0 Å². The topological polar surface area (TPSA) is 84.9 Å². The van der Waals surface area contributed by atoms with Crippen LogP contribution in [0.3, 0.4) is 0 Å². The van der Waals surface area contributed by atoms with Gasteiger partial charge < -0.3 is 14.8 Å². The molecule has 8 heteroatoms. The van der Waals surface area contributed by atoms with Gasteiger partial charge in [-0.1, -0.05) is 36.4 Å². The van der Waals surface area contributed by atoms with Crippen LogP contribution in [0.2, 0.25) is 0 Å². The lowest BCUT2D eigenvalue weighted by molar-refractivity contribution is -0.116. The quantitative estimate of drug-likeness (QED) is 0.510. The monoisotopic (exact) mass is 468 g/mol. The van der Waals surface area contributed by atoms with E-state index < -0.39 is 15.9 Å². The van der Waals surface area contributed by atoms with Crippen LogP contribution in [-0.4, -0.2) is 39.4 Å². The van der Waals surface area contributed by atoms with Crippen LogP contribution in [-0.2, 0) is 21.4 Å². The lowest BCUT2D eigenvalue weighted by atomic mass is 10.1. The minimum Gasteiger partial charge on any atom is -0.493 e. The number of amides is 1. The molecule has 33 heavy (non-hydrogen) atoms. The van der Waals surface area contributed by atoms with Crippen molar-refractivity contribution in [2.75, 3.05) is 26.1 Å². The largest absolute Gasteiger partial charge is 0.493 e. The minimum absolute atomic E-state index is 0.00952. The van der Waals surface area contributed by atoms with E-state index in [4.69, 9.17) is 9.47 Å². The highest BCUT2D eigenvalue weighted by atomic mass is 32.2. The first kappa shape index (κ1) is 24.3. The average Bonchev–Trinajstić information content (AvgIpc) is 2.78. The van der Waals surface area contributed by atoms with Gasteiger partial charge in [-0.3, -0.25) is 4.79 Å². The van der Waals surface area contributed by atoms with E-state index in [9.17, 15) is 13.2 Å². The summed E-state index contributed by atoms with van der Waals surface area (Å²) in [6.45, 7) is 3.56. The van der Waals surface area contributed by atoms with Crippen LogP contribution in [0.4, 0.5) is 5.69 Å². The number of hydrogen-bond acceptors (Lipinski definition) is 5. The zero-order valence-corrected chi connectivity index (χ0v) is 20.0. The molecule has 7 nitrogen and oxygen atoms in total. The van der Waals surface area contributed by atoms with Crippen LogP contribution in [0.15, 0.2) is 71.6 Å². The second-order valence-corrected chi connectivity index (χ2v) is 9.64. The van der Waals surface area contributed by atoms with Gasteiger partial charge in [0.1, 0.15) is 0 Å². The molecular weight excluding hydrogens is 440 g/mol. The highest BCUT2D eigenvalue weighted by molar-refractivity contribution is 7.89. The smallest absolute Gasteiger partial charge is 0.243 e. The molecule has 0 radical (unpaired) electrons. The molecule has 0 heterocycles. The standard InChI is InChI=1S/C25H28N2O5S/c1-18-12-19(2)14-21(13-18)26-25(28)17-27(16-20-8-6-5-7-9-20)33(29,30)22-10-11-23(31-3)24(15-22)32-4/h5-15H,16-17H2,1-4H3,(H,26,28). The molecule has 0 aromatic heterocycles. The van der Waals surface area contributed by atoms with E-state index in [1.54, 1.807) is 0 Å². The number of benzene rings is 3. The first-order valence-electron chi connectivity index (χ1n) is 10.4. The third kappa shape index (κ3) is 6.12. The van der Waals surface area contributed by atoms with E-state index in [2.05, 4.69) is 5.32 Å². The van der Waals surface area contributed by atoms with Gasteiger partial charge >= 0.3 is 0 Å². The molecule has 0 unspecified atom stereocenters. The number of ether oxygens (including phenoxy) is 2. The number of nitrogens with zero attached hydrogens (tertiary/aromatic N) is 1. The SMILES string of the molecule is COc1ccc(S(=O)(=O)N(CC(=O)Nc2cc(C)cc(C)c2)Cc2ccccc2)cc1OC. The van der Waals surface area contributed by atoms with Crippen molar-refractivity contribution in [3.63, 3.8) is 0 Å². The molecule has 0 spiro atoms. The maximum atomic E-state index is 13.6. The Morgan fingerprint density at radius 3 is 2.12 bits per heavy atom. The number of carbonyl (C=O) groups excluding carboxylic acids is 1. The summed E-state index contributed by atoms with van der Waals surface area (Å²) >= 11 is 0. The summed E-state index contributed by atoms with van der Waals surface area (Å²) < 4.78 is 38.7. The fourth-order valence-electron chi connectivity index (χ4n) is 3.55. The van der Waals surface area contributed by atoms with Crippen molar-refractivity contribution in [1.82, 2.24) is 4.31 Å². The minimum atomic E-state index is -4.02. The van der Waals surface area contributed by atoms with Crippen molar-refractivity contribution in [2.24, 2.45) is 0 Å². The summed E-state index contributed by atoms with van der Waals surface area (Å²) in [4.78, 5) is 12.9. The molecule has 0 atom stereocenters. The second-order valence-electron chi connectivity index (χ2n) is 7.70. The maximum Gasteiger partial charge on any atom is 0.243 e. The first-order chi connectivity index (χ1) is 15.7. The first-order valence-corrected chi connectivity index (χ1v) is 11.8. The van der Waals surface area contributed by atoms with E-state index in [1.165, 1.54) is 32.4 Å². The fraction of sp³-hybridized carbons (Fsp3) is 0.240. The predicted octanol–water partition coefficient (Wildman–Crippen LogP) is 4.15. The van der Waals surface area contributed by atoms with Crippen molar-refractivity contribution in [2.45, 2.75) is 25.3 Å². The van der Waals surface area contributed by atoms with Crippen molar-refractivity contribution in [3.8, 4) is 11.5 Å². The molecule has 0 bridgehead atoms. The molecule has 0 aliphatic heterocycles. The molecule has 0 saturated carbocycles. The number of aryl methyl sites for hydroxylation is 2. The Balaban J connectivity index is 1.92. The van der Waals surface area contributed by atoms with Gasteiger partial charge in [-0.25, -0.2) is 8.42 Å². The normalized spacial score (nSPS) is 11.3. The third-order valence-electron chi connectivity index (χ3n) is 5.02. The lowest BCUT2D eigenvalue weighted by Crippen LogP contribution is -2.37. The molecule has 1 amide bonds. The van der Waals surface area contributed by atoms with Crippen molar-refractivity contribution in [3.05, 3.63) is 83.4 Å². The van der Waals surface area contributed by atoms with Gasteiger partial charge in [0.15, 0.2) is 11.5 Å². The van der Waals surface area contributed by atoms with Gasteiger partial charge in [-0.15, -0.1) is 0 Å². The van der Waals surface area contributed by atoms with Gasteiger partial charge in [0, 0.05) is 18.3 Å². The van der Waals surface area contributed by atoms with Crippen LogP contribution in [0.5, 0.6) is 11.5 Å². The number of hydrogen-bond donors (Lipinski definition) is 1. The predicted molar refractivity (Wildman–Crippen MR) is 128 cm³/mol. The number of nitrogens with one attached hydrogen (secondary N) is 1. The molecule has 0 aliphatic rings. The number of carbonyl (C=O) groups is 1. The van der Waals surface area contributed by atoms with Crippen LogP contribution in [0.25, 0.3) is 0 Å². The van der Waals surface area contributed by atoms with Gasteiger partial charge in [0.25, 0.3) is 0 Å². The number of sulfonamides is 1. The molecule has 0 aliphatic carbocycles. The second kappa shape index (κ2) is 10.5. The highest BCUT2D eigenvalue weighted by Crippen LogP contribution is 2.31. The number of methoxy groups -OCH3 is 2. The van der Waals surface area contributed by atoms with Crippen molar-refractivity contribution >= 4 is 21.6 Å². The van der Waals surface area contributed by atoms with E-state index in [1.807, 2.05) is 62.4 Å². The molecule has 3 aromatic carbocycles. The fourth-order valence-corrected chi connectivity index (χ4v) is 4.95. The lowest BCUT2D eigenvalue weighted by Gasteiger charge is -2.22. The van der Waals surface area contributed by atoms with E-state index in [0.29, 0.717) is 11.4 Å². The van der Waals surface area contributed by atoms with Gasteiger partial charge in [0.2, 0.25) is 15.9 Å². The summed E-state index contributed by atoms with van der Waals surface area (Å²) in [6.07, 6.45) is 0. The Morgan fingerprint density at radius 2 is 1.52 bits per heavy atom. The zero-order chi connectivity index (χ0) is 24.0. The number of anilines is 1. The maximum absolute atomic E-state index is 13.6. The highest BCUT2D eigenvalue weighted by Gasteiger charge is 2.28. The summed E-state index contributed by atoms with van der Waals surface area (Å²) in [5, 5.41) is 2.81. The summed E-state index contributed by atoms with van der Waals surface area (Å²) in [5.74, 6) is 0.275. The Hall–Kier alpha value is -3.36. The van der Waals surface area contributed by atoms with Crippen molar-refractivity contribution in [1.29, 1.82) is 0 Å². The molecule has 174 valence electrons. The Morgan fingerprint density at radius 1 is 0.879 bits per heavy atom. The van der Waals surface area contributed by atoms with Gasteiger partial charge in [-0.05, 0) is 54.8 Å². The van der Waals surface area contributed by atoms with Gasteiger partial charge in [-0.2, -0.15) is 4.31 Å². The third-order valence-corrected chi connectivity index (χ3v) is 6.81. The van der Waals surface area contributed by atoms with Crippen LogP contribution < -0.4 is 14.8 Å². The van der Waals surface area contributed by atoms with Crippen LogP contribution in [0.1, 0.15) is 16.7 Å². The Labute approximate surface area is 195 Å². The molecule has 3 aromatic rings. The van der Waals surface area contributed by atoms with Crippen LogP contribution >= 0.6 is 0 Å². The molecule has 1 N–H and O–H groups in total. The van der Waals surface area contributed by atoms with Crippen LogP contribution in [0, 0.1) is 13.8 Å². The Kier molecular flexibility index (Phi) is 7.73. The average molecular weight is 469 g/mol. The molecular formula is C25H28N2O5S. The van der Waals surface area contributed by atoms with E-state index in [-0.39, 0.29) is 23.7 Å². The van der Waals surface area contributed by atoms with Gasteiger partial charge in [0.05, 0.1) is 25.7 Å². The molecule has 0 saturated heterocycles. The summed E-state index contributed by atoms with van der Waals surface area (Å²) in [6, 6.07) is 19.2. The Bertz CT molecular complexity index is 1210.